The summed E-state index contributed by atoms with van der Waals surface area (Å²) in [6.45, 7) is 1.37. The number of carboxylic acids is 1. The molecule has 1 atom stereocenters. The first-order chi connectivity index (χ1) is 9.60. The molecule has 0 radical (unpaired) electrons. The summed E-state index contributed by atoms with van der Waals surface area (Å²) in [5, 5.41) is 8.60. The Kier molecular flexibility index (Phi) is 4.61. The number of rotatable bonds is 5. The molecule has 1 aliphatic rings. The van der Waals surface area contributed by atoms with Crippen molar-refractivity contribution in [2.24, 2.45) is 0 Å². The van der Waals surface area contributed by atoms with Crippen molar-refractivity contribution in [2.45, 2.75) is 25.2 Å². The fraction of sp³-hybridized carbons (Fsp3) is 0.467. The molecule has 1 heterocycles. The van der Waals surface area contributed by atoms with E-state index in [1.165, 1.54) is 5.56 Å². The summed E-state index contributed by atoms with van der Waals surface area (Å²) in [4.78, 5) is 24.1. The molecule has 20 heavy (non-hydrogen) atoms. The van der Waals surface area contributed by atoms with E-state index >= 15 is 0 Å². The summed E-state index contributed by atoms with van der Waals surface area (Å²) in [5.41, 5.74) is 1.19. The Balaban J connectivity index is 1.90. The molecule has 5 nitrogen and oxygen atoms in total. The summed E-state index contributed by atoms with van der Waals surface area (Å²) in [6.07, 6.45) is 0.915. The maximum atomic E-state index is 11.9. The third kappa shape index (κ3) is 3.50. The van der Waals surface area contributed by atoms with Gasteiger partial charge in [0.15, 0.2) is 0 Å². The number of benzene rings is 1. The van der Waals surface area contributed by atoms with Crippen molar-refractivity contribution in [3.05, 3.63) is 29.8 Å². The highest BCUT2D eigenvalue weighted by Crippen LogP contribution is 2.28. The van der Waals surface area contributed by atoms with Gasteiger partial charge in [-0.05, 0) is 24.1 Å². The van der Waals surface area contributed by atoms with Crippen LogP contribution in [0.4, 0.5) is 0 Å². The van der Waals surface area contributed by atoms with Crippen LogP contribution in [0, 0.1) is 0 Å². The predicted octanol–water partition coefficient (Wildman–Crippen LogP) is 1.88. The Bertz CT molecular complexity index is 483. The third-order valence-corrected chi connectivity index (χ3v) is 3.68. The number of aliphatic carboxylic acids is 1. The molecule has 0 aromatic heterocycles. The molecule has 108 valence electrons. The highest BCUT2D eigenvalue weighted by molar-refractivity contribution is 5.81. The van der Waals surface area contributed by atoms with Gasteiger partial charge in [-0.2, -0.15) is 0 Å². The fourth-order valence-electron chi connectivity index (χ4n) is 2.51. The van der Waals surface area contributed by atoms with Crippen molar-refractivity contribution in [3.8, 4) is 5.75 Å². The molecule has 1 aliphatic heterocycles. The summed E-state index contributed by atoms with van der Waals surface area (Å²) < 4.78 is 5.13. The molecule has 0 aliphatic carbocycles. The molecule has 5 heteroatoms. The van der Waals surface area contributed by atoms with Gasteiger partial charge in [0.05, 0.1) is 13.5 Å². The number of ether oxygens (including phenoxy) is 1. The second-order valence-corrected chi connectivity index (χ2v) is 4.99. The lowest BCUT2D eigenvalue weighted by molar-refractivity contribution is -0.140. The Morgan fingerprint density at radius 3 is 2.60 bits per heavy atom. The van der Waals surface area contributed by atoms with Gasteiger partial charge in [0.2, 0.25) is 5.91 Å². The van der Waals surface area contributed by atoms with Gasteiger partial charge in [-0.15, -0.1) is 0 Å². The number of nitrogens with zero attached hydrogens (tertiary/aromatic N) is 1. The highest BCUT2D eigenvalue weighted by Gasteiger charge is 2.27. The van der Waals surface area contributed by atoms with Crippen LogP contribution in [-0.2, 0) is 9.59 Å². The van der Waals surface area contributed by atoms with Gasteiger partial charge in [-0.1, -0.05) is 12.1 Å². The largest absolute Gasteiger partial charge is 0.497 e. The molecule has 1 aromatic rings. The van der Waals surface area contributed by atoms with E-state index in [-0.39, 0.29) is 18.7 Å². The number of hydrogen-bond acceptors (Lipinski definition) is 3. The summed E-state index contributed by atoms with van der Waals surface area (Å²) in [5.74, 6) is 0.156. The first-order valence-corrected chi connectivity index (χ1v) is 6.73. The molecular weight excluding hydrogens is 258 g/mol. The molecule has 1 amide bonds. The summed E-state index contributed by atoms with van der Waals surface area (Å²) in [6, 6.07) is 7.89. The minimum Gasteiger partial charge on any atom is -0.497 e. The molecule has 1 aromatic carbocycles. The normalized spacial score (nSPS) is 18.1. The molecule has 1 unspecified atom stereocenters. The second-order valence-electron chi connectivity index (χ2n) is 4.99. The first-order valence-electron chi connectivity index (χ1n) is 6.73. The summed E-state index contributed by atoms with van der Waals surface area (Å²) in [7, 11) is 1.63. The van der Waals surface area contributed by atoms with E-state index in [1.807, 2.05) is 24.3 Å². The van der Waals surface area contributed by atoms with E-state index in [0.29, 0.717) is 19.0 Å². The maximum absolute atomic E-state index is 11.9. The molecule has 1 fully saturated rings. The lowest BCUT2D eigenvalue weighted by Gasteiger charge is -2.16. The van der Waals surface area contributed by atoms with Crippen LogP contribution in [0.5, 0.6) is 5.75 Å². The van der Waals surface area contributed by atoms with E-state index in [9.17, 15) is 9.59 Å². The molecule has 0 spiro atoms. The predicted molar refractivity (Wildman–Crippen MR) is 73.8 cm³/mol. The van der Waals surface area contributed by atoms with E-state index in [1.54, 1.807) is 12.0 Å². The lowest BCUT2D eigenvalue weighted by atomic mass is 9.98. The number of hydrogen-bond donors (Lipinski definition) is 1. The van der Waals surface area contributed by atoms with Crippen LogP contribution in [0.15, 0.2) is 24.3 Å². The van der Waals surface area contributed by atoms with Crippen LogP contribution in [0.1, 0.15) is 30.7 Å². The fourth-order valence-corrected chi connectivity index (χ4v) is 2.51. The van der Waals surface area contributed by atoms with Crippen molar-refractivity contribution in [1.82, 2.24) is 4.90 Å². The minimum absolute atomic E-state index is 0.0663. The zero-order valence-electron chi connectivity index (χ0n) is 11.5. The van der Waals surface area contributed by atoms with Crippen molar-refractivity contribution in [1.29, 1.82) is 0 Å². The van der Waals surface area contributed by atoms with Gasteiger partial charge < -0.3 is 14.7 Å². The molecule has 1 N–H and O–H groups in total. The number of amides is 1. The molecular formula is C15H19NO4. The van der Waals surface area contributed by atoms with Crippen molar-refractivity contribution >= 4 is 11.9 Å². The van der Waals surface area contributed by atoms with E-state index < -0.39 is 5.97 Å². The maximum Gasteiger partial charge on any atom is 0.303 e. The van der Waals surface area contributed by atoms with Crippen LogP contribution in [0.2, 0.25) is 0 Å². The number of carbonyl (C=O) groups is 2. The van der Waals surface area contributed by atoms with Crippen molar-refractivity contribution in [3.63, 3.8) is 0 Å². The average Bonchev–Trinajstić information content (AvgIpc) is 2.94. The van der Waals surface area contributed by atoms with E-state index in [0.717, 1.165) is 12.2 Å². The Morgan fingerprint density at radius 1 is 1.30 bits per heavy atom. The van der Waals surface area contributed by atoms with Crippen molar-refractivity contribution in [2.75, 3.05) is 20.2 Å². The number of methoxy groups -OCH3 is 1. The molecule has 1 saturated heterocycles. The quantitative estimate of drug-likeness (QED) is 0.892. The Labute approximate surface area is 118 Å². The van der Waals surface area contributed by atoms with Crippen LogP contribution in [0.25, 0.3) is 0 Å². The van der Waals surface area contributed by atoms with Crippen LogP contribution >= 0.6 is 0 Å². The van der Waals surface area contributed by atoms with E-state index in [2.05, 4.69) is 0 Å². The number of carboxylic acid groups (broad SMARTS) is 1. The molecule has 0 bridgehead atoms. The zero-order valence-corrected chi connectivity index (χ0v) is 11.5. The standard InChI is InChI=1S/C15H19NO4/c1-20-13-4-2-11(3-5-13)12-8-9-16(10-12)14(17)6-7-15(18)19/h2-5,12H,6-10H2,1H3,(H,18,19). The van der Waals surface area contributed by atoms with Gasteiger partial charge in [0.1, 0.15) is 5.75 Å². The topological polar surface area (TPSA) is 66.8 Å². The molecule has 0 saturated carbocycles. The third-order valence-electron chi connectivity index (χ3n) is 3.68. The van der Waals surface area contributed by atoms with Gasteiger partial charge in [-0.3, -0.25) is 9.59 Å². The SMILES string of the molecule is COc1ccc(C2CCN(C(=O)CCC(=O)O)C2)cc1. The minimum atomic E-state index is -0.927. The smallest absolute Gasteiger partial charge is 0.303 e. The molecule has 2 rings (SSSR count). The van der Waals surface area contributed by atoms with Gasteiger partial charge >= 0.3 is 5.97 Å². The van der Waals surface area contributed by atoms with Crippen LogP contribution < -0.4 is 4.74 Å². The lowest BCUT2D eigenvalue weighted by Crippen LogP contribution is -2.28. The summed E-state index contributed by atoms with van der Waals surface area (Å²) >= 11 is 0. The number of carbonyl (C=O) groups excluding carboxylic acids is 1. The van der Waals surface area contributed by atoms with Gasteiger partial charge in [0.25, 0.3) is 0 Å². The average molecular weight is 277 g/mol. The van der Waals surface area contributed by atoms with E-state index in [4.69, 9.17) is 9.84 Å². The second kappa shape index (κ2) is 6.41. The van der Waals surface area contributed by atoms with Crippen LogP contribution in [-0.4, -0.2) is 42.1 Å². The van der Waals surface area contributed by atoms with Gasteiger partial charge in [0, 0.05) is 25.4 Å². The van der Waals surface area contributed by atoms with Crippen LogP contribution in [0.3, 0.4) is 0 Å². The Morgan fingerprint density at radius 2 is 2.00 bits per heavy atom. The van der Waals surface area contributed by atoms with Crippen molar-refractivity contribution < 1.29 is 19.4 Å². The Hall–Kier alpha value is -2.04. The first kappa shape index (κ1) is 14.4. The number of likely N-dealkylation sites (tertiary alicyclic amines) is 1. The monoisotopic (exact) mass is 277 g/mol. The van der Waals surface area contributed by atoms with Gasteiger partial charge in [-0.25, -0.2) is 0 Å². The highest BCUT2D eigenvalue weighted by atomic mass is 16.5. The zero-order chi connectivity index (χ0) is 14.5.